The van der Waals surface area contributed by atoms with Crippen molar-refractivity contribution < 1.29 is 25.9 Å². The normalized spacial score (nSPS) is 16.5. The van der Waals surface area contributed by atoms with Crippen LogP contribution in [0.15, 0.2) is 18.2 Å². The monoisotopic (exact) mass is 292 g/mol. The van der Waals surface area contributed by atoms with Crippen LogP contribution in [0.4, 0.5) is 4.39 Å². The molecule has 0 aliphatic heterocycles. The zero-order valence-electron chi connectivity index (χ0n) is 7.26. The van der Waals surface area contributed by atoms with Crippen LogP contribution < -0.4 is 25.4 Å². The molecular formula is C10H12FIN-. The van der Waals surface area contributed by atoms with Gasteiger partial charge in [-0.3, -0.25) is 0 Å². The van der Waals surface area contributed by atoms with Crippen molar-refractivity contribution in [3.63, 3.8) is 0 Å². The maximum atomic E-state index is 13.4. The molecule has 0 heterocycles. The van der Waals surface area contributed by atoms with Gasteiger partial charge in [0.05, 0.1) is 0 Å². The summed E-state index contributed by atoms with van der Waals surface area (Å²) in [5.41, 5.74) is 1.95. The molecule has 0 aromatic heterocycles. The SMILES string of the molecule is N[I-]Cc1ccc(C2CC2)c(F)c1. The predicted octanol–water partition coefficient (Wildman–Crippen LogP) is -0.834. The van der Waals surface area contributed by atoms with Crippen molar-refractivity contribution in [3.8, 4) is 0 Å². The maximum absolute atomic E-state index is 13.4. The van der Waals surface area contributed by atoms with E-state index in [-0.39, 0.29) is 27.3 Å². The topological polar surface area (TPSA) is 26.0 Å². The second-order valence-electron chi connectivity index (χ2n) is 3.42. The molecule has 1 aliphatic rings. The van der Waals surface area contributed by atoms with Gasteiger partial charge >= 0.3 is 88.1 Å². The molecule has 0 spiro atoms. The Labute approximate surface area is 88.1 Å². The number of halogens is 2. The van der Waals surface area contributed by atoms with Crippen LogP contribution in [0.3, 0.4) is 0 Å². The van der Waals surface area contributed by atoms with E-state index in [0.29, 0.717) is 5.92 Å². The van der Waals surface area contributed by atoms with Crippen LogP contribution in [-0.2, 0) is 4.43 Å². The summed E-state index contributed by atoms with van der Waals surface area (Å²) >= 11 is -0.261. The Bertz CT molecular complexity index is 310. The molecule has 0 amide bonds. The first-order chi connectivity index (χ1) is 6.31. The minimum absolute atomic E-state index is 0.0301. The molecule has 0 bridgehead atoms. The predicted molar refractivity (Wildman–Crippen MR) is 46.3 cm³/mol. The van der Waals surface area contributed by atoms with Crippen LogP contribution in [0, 0.1) is 5.82 Å². The van der Waals surface area contributed by atoms with Crippen LogP contribution in [0.1, 0.15) is 29.9 Å². The Morgan fingerprint density at radius 1 is 1.46 bits per heavy atom. The minimum atomic E-state index is -0.261. The van der Waals surface area contributed by atoms with Gasteiger partial charge in [-0.05, 0) is 0 Å². The molecule has 2 rings (SSSR count). The molecule has 1 aromatic carbocycles. The summed E-state index contributed by atoms with van der Waals surface area (Å²) in [6, 6.07) is 5.60. The third-order valence-electron chi connectivity index (χ3n) is 2.31. The van der Waals surface area contributed by atoms with E-state index in [9.17, 15) is 4.39 Å². The van der Waals surface area contributed by atoms with Gasteiger partial charge < -0.3 is 0 Å². The molecule has 1 saturated carbocycles. The number of nitrogens with two attached hydrogens (primary N) is 1. The second kappa shape index (κ2) is 3.92. The van der Waals surface area contributed by atoms with Crippen LogP contribution in [0.2, 0.25) is 0 Å². The van der Waals surface area contributed by atoms with Crippen LogP contribution >= 0.6 is 0 Å². The molecule has 13 heavy (non-hydrogen) atoms. The van der Waals surface area contributed by atoms with E-state index in [1.165, 1.54) is 0 Å². The Morgan fingerprint density at radius 3 is 2.77 bits per heavy atom. The van der Waals surface area contributed by atoms with Gasteiger partial charge in [-0.1, -0.05) is 0 Å². The second-order valence-corrected chi connectivity index (χ2v) is 5.06. The molecule has 72 valence electrons. The van der Waals surface area contributed by atoms with Crippen molar-refractivity contribution in [2.45, 2.75) is 23.2 Å². The summed E-state index contributed by atoms with van der Waals surface area (Å²) < 4.78 is 19.8. The summed E-state index contributed by atoms with van der Waals surface area (Å²) in [6.45, 7) is 0. The Morgan fingerprint density at radius 2 is 2.23 bits per heavy atom. The standard InChI is InChI=1S/C10H12FIN/c11-10-5-7(6-12-13)1-4-9(10)8-2-3-8/h1,4-5,8H,2-3,6,13H2/q-1. The molecule has 1 fully saturated rings. The first-order valence-electron chi connectivity index (χ1n) is 4.37. The summed E-state index contributed by atoms with van der Waals surface area (Å²) in [4.78, 5) is 0. The van der Waals surface area contributed by atoms with Crippen molar-refractivity contribution in [1.29, 1.82) is 0 Å². The van der Waals surface area contributed by atoms with Gasteiger partial charge in [0.25, 0.3) is 0 Å². The van der Waals surface area contributed by atoms with Crippen molar-refractivity contribution in [2.24, 2.45) is 3.95 Å². The van der Waals surface area contributed by atoms with Gasteiger partial charge in [-0.25, -0.2) is 0 Å². The van der Waals surface area contributed by atoms with Gasteiger partial charge in [0.2, 0.25) is 0 Å². The Balaban J connectivity index is 2.21. The number of hydrogen-bond acceptors (Lipinski definition) is 1. The summed E-state index contributed by atoms with van der Waals surface area (Å²) in [6.07, 6.45) is 2.31. The first kappa shape index (κ1) is 9.40. The number of hydrogen-bond donors (Lipinski definition) is 1. The van der Waals surface area contributed by atoms with Gasteiger partial charge in [0, 0.05) is 0 Å². The molecule has 0 radical (unpaired) electrons. The summed E-state index contributed by atoms with van der Waals surface area (Å²) in [7, 11) is 0. The molecule has 1 nitrogen and oxygen atoms in total. The van der Waals surface area contributed by atoms with Gasteiger partial charge in [0.1, 0.15) is 0 Å². The van der Waals surface area contributed by atoms with E-state index in [0.717, 1.165) is 28.4 Å². The Hall–Kier alpha value is -0.160. The molecular weight excluding hydrogens is 280 g/mol. The molecule has 1 aliphatic carbocycles. The number of rotatable bonds is 3. The molecule has 2 N–H and O–H groups in total. The van der Waals surface area contributed by atoms with Gasteiger partial charge in [-0.15, -0.1) is 0 Å². The van der Waals surface area contributed by atoms with E-state index >= 15 is 0 Å². The average molecular weight is 292 g/mol. The quantitative estimate of drug-likeness (QED) is 0.439. The Kier molecular flexibility index (Phi) is 2.83. The van der Waals surface area contributed by atoms with E-state index in [4.69, 9.17) is 3.95 Å². The van der Waals surface area contributed by atoms with E-state index in [1.54, 1.807) is 6.07 Å². The molecule has 0 saturated heterocycles. The van der Waals surface area contributed by atoms with E-state index in [2.05, 4.69) is 0 Å². The number of benzene rings is 1. The first-order valence-corrected chi connectivity index (χ1v) is 7.14. The van der Waals surface area contributed by atoms with Crippen LogP contribution in [0.5, 0.6) is 0 Å². The van der Waals surface area contributed by atoms with Crippen molar-refractivity contribution in [1.82, 2.24) is 0 Å². The van der Waals surface area contributed by atoms with Crippen molar-refractivity contribution in [2.75, 3.05) is 0 Å². The fourth-order valence-electron chi connectivity index (χ4n) is 1.47. The third-order valence-corrected chi connectivity index (χ3v) is 3.63. The average Bonchev–Trinajstić information content (AvgIpc) is 2.88. The molecule has 3 heteroatoms. The van der Waals surface area contributed by atoms with Crippen molar-refractivity contribution in [3.05, 3.63) is 35.1 Å². The fraction of sp³-hybridized carbons (Fsp3) is 0.400. The zero-order valence-corrected chi connectivity index (χ0v) is 9.42. The molecule has 0 unspecified atom stereocenters. The molecule has 1 aromatic rings. The van der Waals surface area contributed by atoms with Gasteiger partial charge in [0.15, 0.2) is 0 Å². The fourth-order valence-corrected chi connectivity index (χ4v) is 2.45. The summed E-state index contributed by atoms with van der Waals surface area (Å²) in [5.74, 6) is 0.471. The van der Waals surface area contributed by atoms with Crippen LogP contribution in [0.25, 0.3) is 0 Å². The van der Waals surface area contributed by atoms with Crippen molar-refractivity contribution >= 4 is 0 Å². The van der Waals surface area contributed by atoms with Gasteiger partial charge in [-0.2, -0.15) is 0 Å². The molecule has 0 atom stereocenters. The van der Waals surface area contributed by atoms with Crippen LogP contribution in [-0.4, -0.2) is 0 Å². The number of alkyl halides is 1. The zero-order chi connectivity index (χ0) is 9.26. The summed E-state index contributed by atoms with van der Waals surface area (Å²) in [5, 5.41) is 0. The van der Waals surface area contributed by atoms with E-state index < -0.39 is 0 Å². The van der Waals surface area contributed by atoms with E-state index in [1.807, 2.05) is 12.1 Å². The third kappa shape index (κ3) is 2.20.